The van der Waals surface area contributed by atoms with E-state index >= 15 is 0 Å². The minimum atomic E-state index is -0.638. The van der Waals surface area contributed by atoms with E-state index in [-0.39, 0.29) is 12.2 Å². The second kappa shape index (κ2) is 7.04. The molecule has 6 heteroatoms. The number of hydrogen-bond acceptors (Lipinski definition) is 3. The van der Waals surface area contributed by atoms with Gasteiger partial charge in [-0.1, -0.05) is 23.7 Å². The van der Waals surface area contributed by atoms with Gasteiger partial charge in [0, 0.05) is 13.2 Å². The van der Waals surface area contributed by atoms with Gasteiger partial charge in [0.15, 0.2) is 5.82 Å². The van der Waals surface area contributed by atoms with Crippen LogP contribution in [0.2, 0.25) is 5.02 Å². The molecule has 110 valence electrons. The van der Waals surface area contributed by atoms with Crippen molar-refractivity contribution in [3.05, 3.63) is 59.1 Å². The van der Waals surface area contributed by atoms with Crippen molar-refractivity contribution < 1.29 is 13.9 Å². The van der Waals surface area contributed by atoms with Gasteiger partial charge >= 0.3 is 0 Å². The molecule has 1 aromatic carbocycles. The van der Waals surface area contributed by atoms with E-state index in [1.54, 1.807) is 25.2 Å². The lowest BCUT2D eigenvalue weighted by Crippen LogP contribution is -2.31. The number of halogens is 2. The Kier molecular flexibility index (Phi) is 5.11. The number of pyridine rings is 1. The molecule has 0 atom stereocenters. The molecule has 0 aliphatic carbocycles. The van der Waals surface area contributed by atoms with E-state index in [1.165, 1.54) is 17.2 Å². The first-order valence-electron chi connectivity index (χ1n) is 6.32. The van der Waals surface area contributed by atoms with Gasteiger partial charge in [0.05, 0.1) is 23.3 Å². The molecule has 1 heterocycles. The predicted molar refractivity (Wildman–Crippen MR) is 78.1 cm³/mol. The molecule has 2 aromatic rings. The molecule has 4 nitrogen and oxygen atoms in total. The van der Waals surface area contributed by atoms with Crippen LogP contribution in [0.3, 0.4) is 0 Å². The van der Waals surface area contributed by atoms with Crippen LogP contribution in [0.25, 0.3) is 0 Å². The summed E-state index contributed by atoms with van der Waals surface area (Å²) in [7, 11) is 1.58. The topological polar surface area (TPSA) is 42.4 Å². The normalized spacial score (nSPS) is 10.2. The fourth-order valence-corrected chi connectivity index (χ4v) is 1.90. The van der Waals surface area contributed by atoms with Crippen molar-refractivity contribution in [2.45, 2.75) is 0 Å². The molecule has 21 heavy (non-hydrogen) atoms. The maximum Gasteiger partial charge on any atom is 0.256 e. The lowest BCUT2D eigenvalue weighted by atomic mass is 10.2. The molecular formula is C15H14ClFN2O2. The molecule has 0 saturated heterocycles. The van der Waals surface area contributed by atoms with Crippen LogP contribution in [0.5, 0.6) is 5.75 Å². The van der Waals surface area contributed by atoms with Crippen LogP contribution in [-0.2, 0) is 0 Å². The van der Waals surface area contributed by atoms with Gasteiger partial charge in [-0.15, -0.1) is 0 Å². The SMILES string of the molecule is CN(CCOc1ccccc1Cl)C(=O)c1ccncc1F. The summed E-state index contributed by atoms with van der Waals surface area (Å²) in [6, 6.07) is 8.42. The first-order valence-corrected chi connectivity index (χ1v) is 6.69. The van der Waals surface area contributed by atoms with Gasteiger partial charge in [0.2, 0.25) is 0 Å². The molecule has 0 unspecified atom stereocenters. The van der Waals surface area contributed by atoms with Crippen LogP contribution in [-0.4, -0.2) is 36.0 Å². The number of likely N-dealkylation sites (N-methyl/N-ethyl adjacent to an activating group) is 1. The quantitative estimate of drug-likeness (QED) is 0.852. The van der Waals surface area contributed by atoms with Crippen LogP contribution in [0.4, 0.5) is 4.39 Å². The lowest BCUT2D eigenvalue weighted by molar-refractivity contribution is 0.0769. The second-order valence-corrected chi connectivity index (χ2v) is 4.77. The standard InChI is InChI=1S/C15H14ClFN2O2/c1-19(15(20)11-6-7-18-10-13(11)17)8-9-21-14-5-3-2-4-12(14)16/h2-7,10H,8-9H2,1H3. The van der Waals surface area contributed by atoms with E-state index in [0.29, 0.717) is 17.3 Å². The fraction of sp³-hybridized carbons (Fsp3) is 0.200. The highest BCUT2D eigenvalue weighted by molar-refractivity contribution is 6.32. The van der Waals surface area contributed by atoms with Gasteiger partial charge in [-0.2, -0.15) is 0 Å². The molecule has 0 aliphatic heterocycles. The summed E-state index contributed by atoms with van der Waals surface area (Å²) in [6.07, 6.45) is 2.39. The number of aromatic nitrogens is 1. The lowest BCUT2D eigenvalue weighted by Gasteiger charge is -2.18. The first kappa shape index (κ1) is 15.3. The van der Waals surface area contributed by atoms with Gasteiger partial charge in [-0.3, -0.25) is 9.78 Å². The van der Waals surface area contributed by atoms with Gasteiger partial charge in [-0.25, -0.2) is 4.39 Å². The third-order valence-corrected chi connectivity index (χ3v) is 3.18. The summed E-state index contributed by atoms with van der Waals surface area (Å²) in [4.78, 5) is 17.0. The molecule has 0 bridgehead atoms. The third kappa shape index (κ3) is 3.92. The number of rotatable bonds is 5. The van der Waals surface area contributed by atoms with Crippen LogP contribution < -0.4 is 4.74 Å². The Morgan fingerprint density at radius 3 is 2.86 bits per heavy atom. The Morgan fingerprint density at radius 1 is 1.38 bits per heavy atom. The van der Waals surface area contributed by atoms with Crippen molar-refractivity contribution in [2.24, 2.45) is 0 Å². The van der Waals surface area contributed by atoms with Gasteiger partial charge < -0.3 is 9.64 Å². The van der Waals surface area contributed by atoms with Gasteiger partial charge in [0.25, 0.3) is 5.91 Å². The molecule has 0 radical (unpaired) electrons. The summed E-state index contributed by atoms with van der Waals surface area (Å²) in [5.74, 6) is -0.505. The minimum absolute atomic E-state index is 0.00903. The zero-order chi connectivity index (χ0) is 15.2. The average Bonchev–Trinajstić information content (AvgIpc) is 2.49. The molecular weight excluding hydrogens is 295 g/mol. The largest absolute Gasteiger partial charge is 0.490 e. The van der Waals surface area contributed by atoms with Crippen molar-refractivity contribution >= 4 is 17.5 Å². The number of carbonyl (C=O) groups excluding carboxylic acids is 1. The number of amides is 1. The molecule has 1 amide bonds. The highest BCUT2D eigenvalue weighted by atomic mass is 35.5. The monoisotopic (exact) mass is 308 g/mol. The van der Waals surface area contributed by atoms with E-state index in [0.717, 1.165) is 6.20 Å². The molecule has 0 spiro atoms. The minimum Gasteiger partial charge on any atom is -0.490 e. The fourth-order valence-electron chi connectivity index (χ4n) is 1.71. The zero-order valence-electron chi connectivity index (χ0n) is 11.4. The van der Waals surface area contributed by atoms with E-state index in [1.807, 2.05) is 6.07 Å². The summed E-state index contributed by atoms with van der Waals surface area (Å²) in [5.41, 5.74) is -0.00903. The van der Waals surface area contributed by atoms with Crippen molar-refractivity contribution in [3.8, 4) is 5.75 Å². The Labute approximate surface area is 127 Å². The maximum atomic E-state index is 13.5. The number of ether oxygens (including phenoxy) is 1. The van der Waals surface area contributed by atoms with Crippen molar-refractivity contribution in [2.75, 3.05) is 20.2 Å². The highest BCUT2D eigenvalue weighted by Crippen LogP contribution is 2.22. The summed E-state index contributed by atoms with van der Waals surface area (Å²) >= 11 is 5.96. The Bertz CT molecular complexity index is 637. The highest BCUT2D eigenvalue weighted by Gasteiger charge is 2.15. The maximum absolute atomic E-state index is 13.5. The number of para-hydroxylation sites is 1. The Morgan fingerprint density at radius 2 is 2.14 bits per heavy atom. The van der Waals surface area contributed by atoms with E-state index in [4.69, 9.17) is 16.3 Å². The van der Waals surface area contributed by atoms with Crippen LogP contribution in [0, 0.1) is 5.82 Å². The molecule has 0 N–H and O–H groups in total. The van der Waals surface area contributed by atoms with E-state index < -0.39 is 11.7 Å². The van der Waals surface area contributed by atoms with Crippen molar-refractivity contribution in [3.63, 3.8) is 0 Å². The molecule has 0 aliphatic rings. The molecule has 0 saturated carbocycles. The molecule has 0 fully saturated rings. The molecule has 2 rings (SSSR count). The summed E-state index contributed by atoms with van der Waals surface area (Å²) in [6.45, 7) is 0.574. The Hall–Kier alpha value is -2.14. The number of nitrogens with zero attached hydrogens (tertiary/aromatic N) is 2. The second-order valence-electron chi connectivity index (χ2n) is 4.36. The number of carbonyl (C=O) groups is 1. The predicted octanol–water partition coefficient (Wildman–Crippen LogP) is 3.03. The van der Waals surface area contributed by atoms with Crippen LogP contribution in [0.1, 0.15) is 10.4 Å². The average molecular weight is 309 g/mol. The summed E-state index contributed by atoms with van der Waals surface area (Å²) < 4.78 is 19.0. The number of benzene rings is 1. The van der Waals surface area contributed by atoms with Crippen molar-refractivity contribution in [1.29, 1.82) is 0 Å². The summed E-state index contributed by atoms with van der Waals surface area (Å²) in [5, 5.41) is 0.506. The number of hydrogen-bond donors (Lipinski definition) is 0. The smallest absolute Gasteiger partial charge is 0.256 e. The first-order chi connectivity index (χ1) is 10.1. The zero-order valence-corrected chi connectivity index (χ0v) is 12.2. The van der Waals surface area contributed by atoms with Crippen LogP contribution >= 0.6 is 11.6 Å². The van der Waals surface area contributed by atoms with E-state index in [2.05, 4.69) is 4.98 Å². The van der Waals surface area contributed by atoms with Gasteiger partial charge in [0.1, 0.15) is 12.4 Å². The van der Waals surface area contributed by atoms with Crippen LogP contribution in [0.15, 0.2) is 42.7 Å². The van der Waals surface area contributed by atoms with Gasteiger partial charge in [-0.05, 0) is 18.2 Å². The van der Waals surface area contributed by atoms with Crippen molar-refractivity contribution in [1.82, 2.24) is 9.88 Å². The Balaban J connectivity index is 1.90. The third-order valence-electron chi connectivity index (χ3n) is 2.87. The van der Waals surface area contributed by atoms with E-state index in [9.17, 15) is 9.18 Å². The molecule has 1 aromatic heterocycles.